The zero-order chi connectivity index (χ0) is 24.5. The number of thiophene rings is 1. The first-order valence-electron chi connectivity index (χ1n) is 10.7. The number of rotatable bonds is 7. The van der Waals surface area contributed by atoms with E-state index >= 15 is 0 Å². The van der Waals surface area contributed by atoms with Crippen molar-refractivity contribution in [3.05, 3.63) is 56.4 Å². The van der Waals surface area contributed by atoms with Crippen molar-refractivity contribution in [2.75, 3.05) is 18.4 Å². The van der Waals surface area contributed by atoms with E-state index in [0.717, 1.165) is 16.5 Å². The highest BCUT2D eigenvalue weighted by Gasteiger charge is 2.34. The van der Waals surface area contributed by atoms with Gasteiger partial charge in [0.15, 0.2) is 0 Å². The Balaban J connectivity index is 2.09. The standard InChI is InChI=1S/C23H27F3N4O2S/c1-6-29(7-2)12-18-28-21-19(13(3)15(5)33-21)22(32)30(18)14(4)20(31)27-17-11-9-8-10-16(17)23(24,25)26/h8-11,14H,6-7,12H2,1-5H3,(H,27,31). The van der Waals surface area contributed by atoms with Crippen molar-refractivity contribution in [2.24, 2.45) is 0 Å². The first-order chi connectivity index (χ1) is 15.5. The smallest absolute Gasteiger partial charge is 0.324 e. The number of halogens is 3. The zero-order valence-corrected chi connectivity index (χ0v) is 20.0. The molecule has 6 nitrogen and oxygen atoms in total. The van der Waals surface area contributed by atoms with E-state index in [-0.39, 0.29) is 11.2 Å². The SMILES string of the molecule is CCN(CC)Cc1nc2sc(C)c(C)c2c(=O)n1C(C)C(=O)Nc1ccccc1C(F)(F)F. The predicted molar refractivity (Wildman–Crippen MR) is 125 cm³/mol. The Morgan fingerprint density at radius 1 is 1.21 bits per heavy atom. The third-order valence-corrected chi connectivity index (χ3v) is 6.93. The van der Waals surface area contributed by atoms with Crippen LogP contribution in [0.5, 0.6) is 0 Å². The molecule has 2 heterocycles. The number of carbonyl (C=O) groups is 1. The van der Waals surface area contributed by atoms with Gasteiger partial charge in [-0.15, -0.1) is 11.3 Å². The molecule has 1 N–H and O–H groups in total. The molecule has 1 amide bonds. The van der Waals surface area contributed by atoms with Crippen molar-refractivity contribution in [1.29, 1.82) is 0 Å². The number of hydrogen-bond donors (Lipinski definition) is 1. The summed E-state index contributed by atoms with van der Waals surface area (Å²) < 4.78 is 41.4. The summed E-state index contributed by atoms with van der Waals surface area (Å²) in [6.07, 6.45) is -4.62. The summed E-state index contributed by atoms with van der Waals surface area (Å²) in [7, 11) is 0. The van der Waals surface area contributed by atoms with Crippen LogP contribution < -0.4 is 10.9 Å². The third kappa shape index (κ3) is 4.96. The molecular weight excluding hydrogens is 453 g/mol. The highest BCUT2D eigenvalue weighted by molar-refractivity contribution is 7.18. The van der Waals surface area contributed by atoms with Crippen molar-refractivity contribution in [3.63, 3.8) is 0 Å². The number of aryl methyl sites for hydroxylation is 2. The Labute approximate surface area is 194 Å². The van der Waals surface area contributed by atoms with Gasteiger partial charge in [-0.1, -0.05) is 26.0 Å². The van der Waals surface area contributed by atoms with E-state index < -0.39 is 23.7 Å². The second-order valence-corrected chi connectivity index (χ2v) is 9.04. The number of anilines is 1. The summed E-state index contributed by atoms with van der Waals surface area (Å²) >= 11 is 1.42. The number of fused-ring (bicyclic) bond motifs is 1. The van der Waals surface area contributed by atoms with Gasteiger partial charge in [0.2, 0.25) is 5.91 Å². The van der Waals surface area contributed by atoms with Gasteiger partial charge < -0.3 is 5.32 Å². The average molecular weight is 481 g/mol. The molecule has 3 aromatic rings. The van der Waals surface area contributed by atoms with Gasteiger partial charge >= 0.3 is 6.18 Å². The van der Waals surface area contributed by atoms with Gasteiger partial charge in [0, 0.05) is 4.88 Å². The lowest BCUT2D eigenvalue weighted by Gasteiger charge is -2.24. The lowest BCUT2D eigenvalue weighted by molar-refractivity contribution is -0.137. The molecule has 1 atom stereocenters. The fourth-order valence-electron chi connectivity index (χ4n) is 3.70. The number of nitrogens with zero attached hydrogens (tertiary/aromatic N) is 3. The lowest BCUT2D eigenvalue weighted by atomic mass is 10.1. The van der Waals surface area contributed by atoms with Crippen molar-refractivity contribution in [1.82, 2.24) is 14.5 Å². The fourth-order valence-corrected chi connectivity index (χ4v) is 4.74. The molecule has 1 unspecified atom stereocenters. The minimum absolute atomic E-state index is 0.338. The maximum Gasteiger partial charge on any atom is 0.418 e. The number of benzene rings is 1. The number of para-hydroxylation sites is 1. The summed E-state index contributed by atoms with van der Waals surface area (Å²) in [4.78, 5) is 34.9. The van der Waals surface area contributed by atoms with E-state index in [4.69, 9.17) is 4.98 Å². The molecule has 0 aliphatic rings. The molecule has 0 aliphatic carbocycles. The van der Waals surface area contributed by atoms with Gasteiger partial charge in [-0.05, 0) is 51.6 Å². The first-order valence-corrected chi connectivity index (χ1v) is 11.5. The van der Waals surface area contributed by atoms with Gasteiger partial charge in [-0.25, -0.2) is 4.98 Å². The summed E-state index contributed by atoms with van der Waals surface area (Å²) in [5, 5.41) is 2.80. The molecule has 0 saturated carbocycles. The largest absolute Gasteiger partial charge is 0.418 e. The van der Waals surface area contributed by atoms with Crippen molar-refractivity contribution < 1.29 is 18.0 Å². The molecule has 1 aromatic carbocycles. The van der Waals surface area contributed by atoms with Crippen LogP contribution in [0, 0.1) is 13.8 Å². The fraction of sp³-hybridized carbons (Fsp3) is 0.435. The van der Waals surface area contributed by atoms with Crippen LogP contribution in [0.15, 0.2) is 29.1 Å². The van der Waals surface area contributed by atoms with Gasteiger partial charge in [0.1, 0.15) is 16.7 Å². The van der Waals surface area contributed by atoms with Crippen LogP contribution in [0.3, 0.4) is 0 Å². The van der Waals surface area contributed by atoms with E-state index in [2.05, 4.69) is 10.2 Å². The molecule has 0 aliphatic heterocycles. The van der Waals surface area contributed by atoms with Crippen molar-refractivity contribution in [2.45, 2.75) is 53.4 Å². The lowest BCUT2D eigenvalue weighted by Crippen LogP contribution is -2.37. The molecule has 3 rings (SSSR count). The Morgan fingerprint density at radius 2 is 1.85 bits per heavy atom. The van der Waals surface area contributed by atoms with E-state index in [1.807, 2.05) is 27.7 Å². The number of nitrogens with one attached hydrogen (secondary N) is 1. The molecular formula is C23H27F3N4O2S. The van der Waals surface area contributed by atoms with Gasteiger partial charge in [-0.3, -0.25) is 19.1 Å². The molecule has 33 heavy (non-hydrogen) atoms. The molecule has 0 spiro atoms. The quantitative estimate of drug-likeness (QED) is 0.509. The topological polar surface area (TPSA) is 67.2 Å². The minimum Gasteiger partial charge on any atom is -0.324 e. The third-order valence-electron chi connectivity index (χ3n) is 5.82. The Morgan fingerprint density at radius 3 is 2.45 bits per heavy atom. The van der Waals surface area contributed by atoms with Crippen molar-refractivity contribution >= 4 is 33.1 Å². The maximum atomic E-state index is 13.5. The van der Waals surface area contributed by atoms with E-state index in [1.54, 1.807) is 0 Å². The van der Waals surface area contributed by atoms with Crippen LogP contribution in [0.4, 0.5) is 18.9 Å². The Bertz CT molecular complexity index is 1230. The number of hydrogen-bond acceptors (Lipinski definition) is 5. The van der Waals surface area contributed by atoms with E-state index in [1.165, 1.54) is 41.0 Å². The summed E-state index contributed by atoms with van der Waals surface area (Å²) in [5.74, 6) is -0.315. The van der Waals surface area contributed by atoms with E-state index in [0.29, 0.717) is 35.7 Å². The first kappa shape index (κ1) is 24.9. The van der Waals surface area contributed by atoms with Crippen LogP contribution in [0.1, 0.15) is 48.6 Å². The van der Waals surface area contributed by atoms with Gasteiger partial charge in [0.25, 0.3) is 5.56 Å². The Hall–Kier alpha value is -2.72. The average Bonchev–Trinajstić information content (AvgIpc) is 3.04. The second kappa shape index (κ2) is 9.64. The zero-order valence-electron chi connectivity index (χ0n) is 19.2. The number of alkyl halides is 3. The van der Waals surface area contributed by atoms with Crippen LogP contribution in [-0.4, -0.2) is 33.4 Å². The number of amides is 1. The second-order valence-electron chi connectivity index (χ2n) is 7.84. The van der Waals surface area contributed by atoms with Gasteiger partial charge in [0.05, 0.1) is 23.2 Å². The highest BCUT2D eigenvalue weighted by atomic mass is 32.1. The monoisotopic (exact) mass is 480 g/mol. The molecule has 0 bridgehead atoms. The molecule has 178 valence electrons. The molecule has 0 saturated heterocycles. The predicted octanol–water partition coefficient (Wildman–Crippen LogP) is 5.14. The number of carbonyl (C=O) groups excluding carboxylic acids is 1. The van der Waals surface area contributed by atoms with Crippen LogP contribution in [-0.2, 0) is 17.5 Å². The number of aromatic nitrogens is 2. The summed E-state index contributed by atoms with van der Waals surface area (Å²) in [6, 6.07) is 3.71. The molecule has 2 aromatic heterocycles. The normalized spacial score (nSPS) is 13.0. The molecule has 0 radical (unpaired) electrons. The van der Waals surface area contributed by atoms with Gasteiger partial charge in [-0.2, -0.15) is 13.2 Å². The van der Waals surface area contributed by atoms with Crippen molar-refractivity contribution in [3.8, 4) is 0 Å². The molecule has 0 fully saturated rings. The molecule has 10 heteroatoms. The van der Waals surface area contributed by atoms with Crippen LogP contribution in [0.2, 0.25) is 0 Å². The maximum absolute atomic E-state index is 13.5. The van der Waals surface area contributed by atoms with Crippen LogP contribution >= 0.6 is 11.3 Å². The Kier molecular flexibility index (Phi) is 7.28. The highest BCUT2D eigenvalue weighted by Crippen LogP contribution is 2.35. The minimum atomic E-state index is -4.62. The van der Waals surface area contributed by atoms with Crippen LogP contribution in [0.25, 0.3) is 10.2 Å². The summed E-state index contributed by atoms with van der Waals surface area (Å²) in [6.45, 7) is 11.0. The van der Waals surface area contributed by atoms with E-state index in [9.17, 15) is 22.8 Å². The summed E-state index contributed by atoms with van der Waals surface area (Å²) in [5.41, 5.74) is -0.864.